The van der Waals surface area contributed by atoms with Crippen LogP contribution in [0.2, 0.25) is 0 Å². The average Bonchev–Trinajstić information content (AvgIpc) is 2.62. The van der Waals surface area contributed by atoms with Crippen molar-refractivity contribution in [2.75, 3.05) is 39.4 Å². The molecule has 2 aliphatic heterocycles. The molecule has 0 aromatic carbocycles. The molecule has 1 aromatic rings. The molecule has 0 unspecified atom stereocenters. The van der Waals surface area contributed by atoms with Crippen molar-refractivity contribution >= 4 is 11.8 Å². The third-order valence-corrected chi connectivity index (χ3v) is 4.57. The number of carbonyl (C=O) groups is 2. The zero-order chi connectivity index (χ0) is 16.2. The first-order valence-corrected chi connectivity index (χ1v) is 8.24. The van der Waals surface area contributed by atoms with Gasteiger partial charge in [-0.05, 0) is 25.0 Å². The van der Waals surface area contributed by atoms with Gasteiger partial charge in [-0.15, -0.1) is 0 Å². The van der Waals surface area contributed by atoms with Crippen molar-refractivity contribution < 1.29 is 14.3 Å². The van der Waals surface area contributed by atoms with E-state index in [9.17, 15) is 9.59 Å². The van der Waals surface area contributed by atoms with Crippen LogP contribution in [0, 0.1) is 0 Å². The first-order chi connectivity index (χ1) is 11.1. The van der Waals surface area contributed by atoms with Gasteiger partial charge in [0.1, 0.15) is 5.69 Å². The molecule has 0 spiro atoms. The molecule has 1 atom stereocenters. The third kappa shape index (κ3) is 3.69. The Balaban J connectivity index is 1.74. The molecule has 0 radical (unpaired) electrons. The highest BCUT2D eigenvalue weighted by atomic mass is 16.5. The van der Waals surface area contributed by atoms with Gasteiger partial charge in [-0.2, -0.15) is 0 Å². The van der Waals surface area contributed by atoms with Crippen molar-refractivity contribution in [2.45, 2.75) is 25.7 Å². The number of pyridine rings is 1. The van der Waals surface area contributed by atoms with Gasteiger partial charge in [0, 0.05) is 44.7 Å². The molecule has 6 heteroatoms. The van der Waals surface area contributed by atoms with Crippen molar-refractivity contribution in [1.29, 1.82) is 0 Å². The van der Waals surface area contributed by atoms with Crippen LogP contribution < -0.4 is 0 Å². The molecule has 0 bridgehead atoms. The Labute approximate surface area is 136 Å². The van der Waals surface area contributed by atoms with Crippen molar-refractivity contribution in [3.05, 3.63) is 29.6 Å². The number of hydrogen-bond acceptors (Lipinski definition) is 4. The highest BCUT2D eigenvalue weighted by Gasteiger charge is 2.25. The van der Waals surface area contributed by atoms with Crippen molar-refractivity contribution in [3.8, 4) is 0 Å². The van der Waals surface area contributed by atoms with Gasteiger partial charge < -0.3 is 14.5 Å². The van der Waals surface area contributed by atoms with Crippen LogP contribution in [0.3, 0.4) is 0 Å². The maximum Gasteiger partial charge on any atom is 0.272 e. The zero-order valence-corrected chi connectivity index (χ0v) is 13.5. The normalized spacial score (nSPS) is 22.0. The first-order valence-electron chi connectivity index (χ1n) is 8.24. The monoisotopic (exact) mass is 317 g/mol. The average molecular weight is 317 g/mol. The predicted octanol–water partition coefficient (Wildman–Crippen LogP) is 1.28. The van der Waals surface area contributed by atoms with E-state index in [4.69, 9.17) is 4.74 Å². The van der Waals surface area contributed by atoms with E-state index in [1.807, 2.05) is 17.0 Å². The number of ether oxygens (including phenoxy) is 1. The second kappa shape index (κ2) is 7.08. The van der Waals surface area contributed by atoms with Gasteiger partial charge in [0.05, 0.1) is 13.2 Å². The van der Waals surface area contributed by atoms with Gasteiger partial charge in [0.15, 0.2) is 0 Å². The molecule has 23 heavy (non-hydrogen) atoms. The number of likely N-dealkylation sites (tertiary alicyclic amines) is 1. The topological polar surface area (TPSA) is 62.7 Å². The Hall–Kier alpha value is -1.95. The number of hydrogen-bond donors (Lipinski definition) is 0. The van der Waals surface area contributed by atoms with Crippen LogP contribution in [0.4, 0.5) is 0 Å². The second-order valence-electron chi connectivity index (χ2n) is 6.16. The zero-order valence-electron chi connectivity index (χ0n) is 13.5. The summed E-state index contributed by atoms with van der Waals surface area (Å²) >= 11 is 0. The number of nitrogens with zero attached hydrogens (tertiary/aromatic N) is 3. The van der Waals surface area contributed by atoms with E-state index < -0.39 is 0 Å². The summed E-state index contributed by atoms with van der Waals surface area (Å²) in [6.07, 6.45) is 1.99. The maximum absolute atomic E-state index is 12.6. The Bertz CT molecular complexity index is 584. The Morgan fingerprint density at radius 2 is 1.96 bits per heavy atom. The van der Waals surface area contributed by atoms with Crippen molar-refractivity contribution in [2.24, 2.45) is 0 Å². The summed E-state index contributed by atoms with van der Waals surface area (Å²) in [4.78, 5) is 32.4. The molecule has 0 aliphatic carbocycles. The van der Waals surface area contributed by atoms with Crippen molar-refractivity contribution in [3.63, 3.8) is 0 Å². The highest BCUT2D eigenvalue weighted by Crippen LogP contribution is 2.26. The molecule has 3 rings (SSSR count). The van der Waals surface area contributed by atoms with E-state index in [-0.39, 0.29) is 17.7 Å². The number of aromatic nitrogens is 1. The van der Waals surface area contributed by atoms with Crippen LogP contribution in [0.15, 0.2) is 18.2 Å². The highest BCUT2D eigenvalue weighted by molar-refractivity contribution is 5.92. The van der Waals surface area contributed by atoms with E-state index in [0.29, 0.717) is 38.5 Å². The number of amides is 2. The minimum atomic E-state index is -0.0330. The molecule has 0 N–H and O–H groups in total. The fourth-order valence-electron chi connectivity index (χ4n) is 3.23. The third-order valence-electron chi connectivity index (χ3n) is 4.57. The number of carbonyl (C=O) groups excluding carboxylic acids is 2. The Morgan fingerprint density at radius 1 is 1.17 bits per heavy atom. The molecule has 6 nitrogen and oxygen atoms in total. The van der Waals surface area contributed by atoms with Gasteiger partial charge in [-0.1, -0.05) is 6.07 Å². The van der Waals surface area contributed by atoms with Crippen molar-refractivity contribution in [1.82, 2.24) is 14.8 Å². The van der Waals surface area contributed by atoms with Crippen LogP contribution in [-0.4, -0.2) is 66.0 Å². The molecule has 2 aliphatic rings. The van der Waals surface area contributed by atoms with Gasteiger partial charge in [0.2, 0.25) is 5.91 Å². The smallest absolute Gasteiger partial charge is 0.272 e. The van der Waals surface area contributed by atoms with Crippen LogP contribution in [0.1, 0.15) is 41.9 Å². The Morgan fingerprint density at radius 3 is 2.70 bits per heavy atom. The quantitative estimate of drug-likeness (QED) is 0.824. The fraction of sp³-hybridized carbons (Fsp3) is 0.588. The molecule has 2 fully saturated rings. The lowest BCUT2D eigenvalue weighted by Crippen LogP contribution is -2.41. The summed E-state index contributed by atoms with van der Waals surface area (Å²) in [5.41, 5.74) is 1.40. The number of rotatable bonds is 2. The summed E-state index contributed by atoms with van der Waals surface area (Å²) < 4.78 is 5.29. The van der Waals surface area contributed by atoms with E-state index in [0.717, 1.165) is 25.1 Å². The molecule has 0 saturated carbocycles. The predicted molar refractivity (Wildman–Crippen MR) is 85.2 cm³/mol. The standard InChI is InChI=1S/C17H23N3O3/c1-13(21)20-7-3-4-14(12-20)15-5-2-6-16(18-15)17(22)19-8-10-23-11-9-19/h2,5-6,14H,3-4,7-12H2,1H3/t14-/m0/s1. The largest absolute Gasteiger partial charge is 0.378 e. The lowest BCUT2D eigenvalue weighted by Gasteiger charge is -2.32. The van der Waals surface area contributed by atoms with Gasteiger partial charge in [-0.3, -0.25) is 9.59 Å². The maximum atomic E-state index is 12.6. The molecule has 3 heterocycles. The summed E-state index contributed by atoms with van der Waals surface area (Å²) in [5, 5.41) is 0. The van der Waals surface area contributed by atoms with E-state index in [2.05, 4.69) is 4.98 Å². The van der Waals surface area contributed by atoms with Gasteiger partial charge in [0.25, 0.3) is 5.91 Å². The SMILES string of the molecule is CC(=O)N1CCC[C@H](c2cccc(C(=O)N3CCOCC3)n2)C1. The van der Waals surface area contributed by atoms with E-state index in [1.165, 1.54) is 0 Å². The fourth-order valence-corrected chi connectivity index (χ4v) is 3.23. The Kier molecular flexibility index (Phi) is 4.91. The van der Waals surface area contributed by atoms with Gasteiger partial charge in [-0.25, -0.2) is 4.98 Å². The summed E-state index contributed by atoms with van der Waals surface area (Å²) in [6, 6.07) is 5.62. The lowest BCUT2D eigenvalue weighted by molar-refractivity contribution is -0.130. The lowest BCUT2D eigenvalue weighted by atomic mass is 9.94. The summed E-state index contributed by atoms with van der Waals surface area (Å²) in [5.74, 6) is 0.287. The molecule has 124 valence electrons. The summed E-state index contributed by atoms with van der Waals surface area (Å²) in [7, 11) is 0. The minimum absolute atomic E-state index is 0.0330. The minimum Gasteiger partial charge on any atom is -0.378 e. The van der Waals surface area contributed by atoms with Crippen LogP contribution in [-0.2, 0) is 9.53 Å². The number of piperidine rings is 1. The van der Waals surface area contributed by atoms with Crippen LogP contribution in [0.25, 0.3) is 0 Å². The first kappa shape index (κ1) is 15.9. The number of morpholine rings is 1. The van der Waals surface area contributed by atoms with Gasteiger partial charge >= 0.3 is 0 Å². The molecular formula is C17H23N3O3. The van der Waals surface area contributed by atoms with E-state index >= 15 is 0 Å². The summed E-state index contributed by atoms with van der Waals surface area (Å²) in [6.45, 7) is 5.52. The molecule has 2 amide bonds. The van der Waals surface area contributed by atoms with E-state index in [1.54, 1.807) is 17.9 Å². The molecule has 2 saturated heterocycles. The van der Waals surface area contributed by atoms with Crippen LogP contribution in [0.5, 0.6) is 0 Å². The second-order valence-corrected chi connectivity index (χ2v) is 6.16. The van der Waals surface area contributed by atoms with Crippen LogP contribution >= 0.6 is 0 Å². The molecule has 1 aromatic heterocycles. The molecular weight excluding hydrogens is 294 g/mol.